The van der Waals surface area contributed by atoms with Gasteiger partial charge in [-0.05, 0) is 66.2 Å². The fraction of sp³-hybridized carbons (Fsp3) is 0.214. The molecule has 0 radical (unpaired) electrons. The summed E-state index contributed by atoms with van der Waals surface area (Å²) in [6.45, 7) is 3.95. The lowest BCUT2D eigenvalue weighted by atomic mass is 10.1. The smallest absolute Gasteiger partial charge is 0.202 e. The van der Waals surface area contributed by atoms with Crippen molar-refractivity contribution in [3.63, 3.8) is 0 Å². The standard InChI is InChI=1S/C14H13BrO2S/c1-9(2)17-11-5-3-10(4-6-11)14(16)12-7-8-13(15)18-12/h3-9H,1-2H3. The molecule has 0 aliphatic heterocycles. The molecule has 94 valence electrons. The second-order valence-electron chi connectivity index (χ2n) is 4.12. The molecule has 2 aromatic rings. The highest BCUT2D eigenvalue weighted by Crippen LogP contribution is 2.25. The third-order valence-corrected chi connectivity index (χ3v) is 3.91. The minimum atomic E-state index is 0.0433. The minimum absolute atomic E-state index is 0.0433. The van der Waals surface area contributed by atoms with Crippen LogP contribution in [0, 0.1) is 0 Å². The second kappa shape index (κ2) is 5.67. The maximum absolute atomic E-state index is 12.1. The largest absolute Gasteiger partial charge is 0.491 e. The summed E-state index contributed by atoms with van der Waals surface area (Å²) in [4.78, 5) is 12.9. The van der Waals surface area contributed by atoms with Crippen molar-refractivity contribution in [3.05, 3.63) is 50.6 Å². The monoisotopic (exact) mass is 324 g/mol. The number of thiophene rings is 1. The number of hydrogen-bond donors (Lipinski definition) is 0. The van der Waals surface area contributed by atoms with Gasteiger partial charge in [-0.25, -0.2) is 0 Å². The average molecular weight is 325 g/mol. The van der Waals surface area contributed by atoms with Gasteiger partial charge in [-0.3, -0.25) is 4.79 Å². The highest BCUT2D eigenvalue weighted by molar-refractivity contribution is 9.11. The summed E-state index contributed by atoms with van der Waals surface area (Å²) in [7, 11) is 0. The van der Waals surface area contributed by atoms with Crippen molar-refractivity contribution >= 4 is 33.0 Å². The molecule has 4 heteroatoms. The fourth-order valence-corrected chi connectivity index (χ4v) is 2.88. The molecule has 2 rings (SSSR count). The Morgan fingerprint density at radius 1 is 1.17 bits per heavy atom. The molecule has 18 heavy (non-hydrogen) atoms. The van der Waals surface area contributed by atoms with Gasteiger partial charge in [-0.15, -0.1) is 11.3 Å². The van der Waals surface area contributed by atoms with Crippen LogP contribution in [0.1, 0.15) is 29.1 Å². The van der Waals surface area contributed by atoms with E-state index < -0.39 is 0 Å². The van der Waals surface area contributed by atoms with Crippen molar-refractivity contribution in [3.8, 4) is 5.75 Å². The Kier molecular flexibility index (Phi) is 4.19. The van der Waals surface area contributed by atoms with Gasteiger partial charge in [0.15, 0.2) is 0 Å². The first-order chi connectivity index (χ1) is 8.56. The van der Waals surface area contributed by atoms with Gasteiger partial charge in [0.25, 0.3) is 0 Å². The molecule has 0 amide bonds. The van der Waals surface area contributed by atoms with Crippen molar-refractivity contribution in [2.45, 2.75) is 20.0 Å². The van der Waals surface area contributed by atoms with Crippen molar-refractivity contribution in [2.24, 2.45) is 0 Å². The highest BCUT2D eigenvalue weighted by atomic mass is 79.9. The number of carbonyl (C=O) groups excluding carboxylic acids is 1. The predicted molar refractivity (Wildman–Crippen MR) is 77.7 cm³/mol. The van der Waals surface area contributed by atoms with Crippen molar-refractivity contribution in [1.29, 1.82) is 0 Å². The van der Waals surface area contributed by atoms with E-state index in [0.29, 0.717) is 5.56 Å². The summed E-state index contributed by atoms with van der Waals surface area (Å²) in [5.74, 6) is 0.829. The van der Waals surface area contributed by atoms with Gasteiger partial charge in [-0.1, -0.05) is 0 Å². The third-order valence-electron chi connectivity index (χ3n) is 2.29. The Morgan fingerprint density at radius 3 is 2.33 bits per heavy atom. The number of hydrogen-bond acceptors (Lipinski definition) is 3. The van der Waals surface area contributed by atoms with Crippen molar-refractivity contribution in [2.75, 3.05) is 0 Å². The minimum Gasteiger partial charge on any atom is -0.491 e. The number of ketones is 1. The molecule has 0 spiro atoms. The quantitative estimate of drug-likeness (QED) is 0.772. The molecule has 2 nitrogen and oxygen atoms in total. The Balaban J connectivity index is 2.17. The van der Waals surface area contributed by atoms with Gasteiger partial charge in [-0.2, -0.15) is 0 Å². The molecule has 0 atom stereocenters. The van der Waals surface area contributed by atoms with Gasteiger partial charge < -0.3 is 4.74 Å². The normalized spacial score (nSPS) is 10.7. The van der Waals surface area contributed by atoms with E-state index >= 15 is 0 Å². The number of benzene rings is 1. The second-order valence-corrected chi connectivity index (χ2v) is 6.59. The molecule has 0 unspecified atom stereocenters. The van der Waals surface area contributed by atoms with Crippen LogP contribution in [-0.2, 0) is 0 Å². The van der Waals surface area contributed by atoms with Gasteiger partial charge >= 0.3 is 0 Å². The first kappa shape index (κ1) is 13.3. The number of halogens is 1. The Bertz CT molecular complexity index is 543. The van der Waals surface area contributed by atoms with E-state index in [1.165, 1.54) is 11.3 Å². The van der Waals surface area contributed by atoms with Crippen LogP contribution in [0.2, 0.25) is 0 Å². The molecule has 0 saturated carbocycles. The number of rotatable bonds is 4. The molecule has 1 aromatic carbocycles. The zero-order valence-corrected chi connectivity index (χ0v) is 12.5. The van der Waals surface area contributed by atoms with Crippen LogP contribution in [0.5, 0.6) is 5.75 Å². The van der Waals surface area contributed by atoms with Crippen LogP contribution >= 0.6 is 27.3 Å². The lowest BCUT2D eigenvalue weighted by Gasteiger charge is -2.09. The number of ether oxygens (including phenoxy) is 1. The zero-order chi connectivity index (χ0) is 13.1. The molecule has 0 bridgehead atoms. The summed E-state index contributed by atoms with van der Waals surface area (Å²) >= 11 is 4.80. The van der Waals surface area contributed by atoms with Crippen LogP contribution in [0.15, 0.2) is 40.2 Å². The zero-order valence-electron chi connectivity index (χ0n) is 10.1. The molecular formula is C14H13BrO2S. The van der Waals surface area contributed by atoms with Gasteiger partial charge in [0.1, 0.15) is 5.75 Å². The topological polar surface area (TPSA) is 26.3 Å². The highest BCUT2D eigenvalue weighted by Gasteiger charge is 2.11. The summed E-state index contributed by atoms with van der Waals surface area (Å²) in [6, 6.07) is 11.0. The van der Waals surface area contributed by atoms with E-state index in [1.807, 2.05) is 38.1 Å². The summed E-state index contributed by atoms with van der Waals surface area (Å²) in [6.07, 6.45) is 0.139. The van der Waals surface area contributed by atoms with Crippen LogP contribution in [-0.4, -0.2) is 11.9 Å². The average Bonchev–Trinajstić information content (AvgIpc) is 2.75. The first-order valence-corrected chi connectivity index (χ1v) is 7.24. The SMILES string of the molecule is CC(C)Oc1ccc(C(=O)c2ccc(Br)s2)cc1. The van der Waals surface area contributed by atoms with Crippen LogP contribution < -0.4 is 4.74 Å². The molecule has 0 fully saturated rings. The molecule has 0 aliphatic carbocycles. The van der Waals surface area contributed by atoms with E-state index in [0.717, 1.165) is 14.4 Å². The first-order valence-electron chi connectivity index (χ1n) is 5.63. The lowest BCUT2D eigenvalue weighted by Crippen LogP contribution is -2.05. The van der Waals surface area contributed by atoms with Crippen molar-refractivity contribution < 1.29 is 9.53 Å². The molecule has 0 saturated heterocycles. The molecule has 0 N–H and O–H groups in total. The van der Waals surface area contributed by atoms with E-state index in [1.54, 1.807) is 12.1 Å². The summed E-state index contributed by atoms with van der Waals surface area (Å²) in [5.41, 5.74) is 0.681. The maximum atomic E-state index is 12.1. The van der Waals surface area contributed by atoms with Crippen LogP contribution in [0.4, 0.5) is 0 Å². The van der Waals surface area contributed by atoms with E-state index in [2.05, 4.69) is 15.9 Å². The fourth-order valence-electron chi connectivity index (χ4n) is 1.54. The molecule has 1 aromatic heterocycles. The van der Waals surface area contributed by atoms with E-state index in [9.17, 15) is 4.79 Å². The Morgan fingerprint density at radius 2 is 1.83 bits per heavy atom. The van der Waals surface area contributed by atoms with E-state index in [-0.39, 0.29) is 11.9 Å². The Labute approximate surface area is 119 Å². The van der Waals surface area contributed by atoms with Crippen LogP contribution in [0.3, 0.4) is 0 Å². The van der Waals surface area contributed by atoms with Crippen LogP contribution in [0.25, 0.3) is 0 Å². The maximum Gasteiger partial charge on any atom is 0.202 e. The number of carbonyl (C=O) groups is 1. The summed E-state index contributed by atoms with van der Waals surface area (Å²) in [5, 5.41) is 0. The van der Waals surface area contributed by atoms with Crippen molar-refractivity contribution in [1.82, 2.24) is 0 Å². The molecular weight excluding hydrogens is 312 g/mol. The molecule has 1 heterocycles. The van der Waals surface area contributed by atoms with Gasteiger partial charge in [0.05, 0.1) is 14.8 Å². The van der Waals surface area contributed by atoms with E-state index in [4.69, 9.17) is 4.74 Å². The van der Waals surface area contributed by atoms with Gasteiger partial charge in [0.2, 0.25) is 5.78 Å². The molecule has 0 aliphatic rings. The Hall–Kier alpha value is -1.13. The third kappa shape index (κ3) is 3.21. The lowest BCUT2D eigenvalue weighted by molar-refractivity contribution is 0.104. The predicted octanol–water partition coefficient (Wildman–Crippen LogP) is 4.53. The summed E-state index contributed by atoms with van der Waals surface area (Å²) < 4.78 is 6.51. The van der Waals surface area contributed by atoms with Gasteiger partial charge in [0, 0.05) is 5.56 Å².